The van der Waals surface area contributed by atoms with E-state index in [4.69, 9.17) is 5.73 Å². The number of benzene rings is 1. The molecule has 0 amide bonds. The lowest BCUT2D eigenvalue weighted by Crippen LogP contribution is -2.45. The average molecular weight is 251 g/mol. The van der Waals surface area contributed by atoms with Crippen LogP contribution in [0.25, 0.3) is 0 Å². The highest BCUT2D eigenvalue weighted by atomic mass is 19.1. The van der Waals surface area contributed by atoms with Gasteiger partial charge in [0, 0.05) is 19.6 Å². The lowest BCUT2D eigenvalue weighted by molar-refractivity contribution is 0.130. The number of nitrogens with two attached hydrogens (primary N) is 1. The minimum absolute atomic E-state index is 0.0717. The molecule has 0 aliphatic carbocycles. The van der Waals surface area contributed by atoms with Gasteiger partial charge in [-0.2, -0.15) is 0 Å². The zero-order chi connectivity index (χ0) is 13.0. The lowest BCUT2D eigenvalue weighted by atomic mass is 10.0. The van der Waals surface area contributed by atoms with Crippen LogP contribution in [0.1, 0.15) is 36.4 Å². The first-order valence-corrected chi connectivity index (χ1v) is 6.68. The van der Waals surface area contributed by atoms with Gasteiger partial charge in [-0.15, -0.1) is 0 Å². The molecule has 1 atom stereocenters. The largest absolute Gasteiger partial charge is 0.329 e. The second-order valence-electron chi connectivity index (χ2n) is 4.97. The fourth-order valence-corrected chi connectivity index (χ4v) is 2.39. The summed E-state index contributed by atoms with van der Waals surface area (Å²) in [5.41, 5.74) is 11.0. The van der Waals surface area contributed by atoms with Gasteiger partial charge in [-0.3, -0.25) is 0 Å². The van der Waals surface area contributed by atoms with Crippen LogP contribution >= 0.6 is 0 Å². The quantitative estimate of drug-likeness (QED) is 0.861. The van der Waals surface area contributed by atoms with Crippen molar-refractivity contribution in [2.45, 2.75) is 32.2 Å². The third-order valence-corrected chi connectivity index (χ3v) is 3.51. The zero-order valence-electron chi connectivity index (χ0n) is 11.0. The molecule has 4 heteroatoms. The van der Waals surface area contributed by atoms with Crippen LogP contribution in [0.2, 0.25) is 0 Å². The molecular formula is C14H22FN3. The Morgan fingerprint density at radius 1 is 1.33 bits per heavy atom. The molecule has 3 nitrogen and oxygen atoms in total. The summed E-state index contributed by atoms with van der Waals surface area (Å²) in [5, 5.41) is 2.24. The molecule has 1 unspecified atom stereocenters. The van der Waals surface area contributed by atoms with Crippen molar-refractivity contribution in [3.05, 3.63) is 35.1 Å². The first-order valence-electron chi connectivity index (χ1n) is 6.68. The summed E-state index contributed by atoms with van der Waals surface area (Å²) >= 11 is 0. The van der Waals surface area contributed by atoms with E-state index in [1.165, 1.54) is 25.3 Å². The van der Waals surface area contributed by atoms with E-state index in [0.29, 0.717) is 12.1 Å². The van der Waals surface area contributed by atoms with Crippen molar-refractivity contribution >= 4 is 0 Å². The van der Waals surface area contributed by atoms with Crippen LogP contribution in [-0.2, 0) is 0 Å². The Morgan fingerprint density at radius 2 is 2.06 bits per heavy atom. The predicted octanol–water partition coefficient (Wildman–Crippen LogP) is 2.12. The maximum Gasteiger partial charge on any atom is 0.126 e. The molecule has 3 N–H and O–H groups in total. The van der Waals surface area contributed by atoms with E-state index < -0.39 is 0 Å². The summed E-state index contributed by atoms with van der Waals surface area (Å²) in [6.45, 7) is 4.43. The molecule has 18 heavy (non-hydrogen) atoms. The van der Waals surface area contributed by atoms with Crippen molar-refractivity contribution in [1.29, 1.82) is 0 Å². The molecule has 1 aliphatic heterocycles. The number of nitrogens with zero attached hydrogens (tertiary/aromatic N) is 1. The van der Waals surface area contributed by atoms with Crippen LogP contribution in [-0.4, -0.2) is 24.6 Å². The lowest BCUT2D eigenvalue weighted by Gasteiger charge is -2.31. The van der Waals surface area contributed by atoms with E-state index in [0.717, 1.165) is 18.7 Å². The Kier molecular flexibility index (Phi) is 4.69. The molecule has 0 spiro atoms. The van der Waals surface area contributed by atoms with E-state index in [2.05, 4.69) is 10.4 Å². The van der Waals surface area contributed by atoms with Gasteiger partial charge < -0.3 is 5.73 Å². The normalized spacial score (nSPS) is 18.8. The standard InChI is InChI=1S/C14H22FN3/c1-11-9-12(5-6-13(11)15)14(10-16)17-18-7-3-2-4-8-18/h5-6,9,14,17H,2-4,7-8,10,16H2,1H3. The Labute approximate surface area is 108 Å². The highest BCUT2D eigenvalue weighted by Gasteiger charge is 2.16. The molecule has 1 saturated heterocycles. The van der Waals surface area contributed by atoms with E-state index >= 15 is 0 Å². The van der Waals surface area contributed by atoms with Crippen molar-refractivity contribution in [3.8, 4) is 0 Å². The number of aryl methyl sites for hydroxylation is 1. The van der Waals surface area contributed by atoms with Gasteiger partial charge in [-0.1, -0.05) is 18.6 Å². The molecule has 100 valence electrons. The summed E-state index contributed by atoms with van der Waals surface area (Å²) in [7, 11) is 0. The van der Waals surface area contributed by atoms with Gasteiger partial charge in [-0.05, 0) is 37.0 Å². The fourth-order valence-electron chi connectivity index (χ4n) is 2.39. The third kappa shape index (κ3) is 3.28. The molecular weight excluding hydrogens is 229 g/mol. The zero-order valence-corrected chi connectivity index (χ0v) is 11.0. The van der Waals surface area contributed by atoms with Crippen LogP contribution in [0.5, 0.6) is 0 Å². The minimum Gasteiger partial charge on any atom is -0.329 e. The summed E-state index contributed by atoms with van der Waals surface area (Å²) in [4.78, 5) is 0. The van der Waals surface area contributed by atoms with Crippen molar-refractivity contribution in [2.75, 3.05) is 19.6 Å². The van der Waals surface area contributed by atoms with Crippen molar-refractivity contribution in [3.63, 3.8) is 0 Å². The van der Waals surface area contributed by atoms with E-state index in [9.17, 15) is 4.39 Å². The summed E-state index contributed by atoms with van der Waals surface area (Å²) < 4.78 is 13.3. The van der Waals surface area contributed by atoms with Crippen LogP contribution < -0.4 is 11.2 Å². The monoisotopic (exact) mass is 251 g/mol. The van der Waals surface area contributed by atoms with Crippen molar-refractivity contribution < 1.29 is 4.39 Å². The SMILES string of the molecule is Cc1cc(C(CN)NN2CCCCC2)ccc1F. The van der Waals surface area contributed by atoms with Crippen LogP contribution in [0.15, 0.2) is 18.2 Å². The smallest absolute Gasteiger partial charge is 0.126 e. The molecule has 1 heterocycles. The molecule has 0 saturated carbocycles. The van der Waals surface area contributed by atoms with Crippen LogP contribution in [0, 0.1) is 12.7 Å². The summed E-state index contributed by atoms with van der Waals surface area (Å²) in [5.74, 6) is -0.160. The fraction of sp³-hybridized carbons (Fsp3) is 0.571. The second-order valence-corrected chi connectivity index (χ2v) is 4.97. The number of hydrogen-bond acceptors (Lipinski definition) is 3. The summed E-state index contributed by atoms with van der Waals surface area (Å²) in [6.07, 6.45) is 3.76. The maximum absolute atomic E-state index is 13.3. The number of hydrogen-bond donors (Lipinski definition) is 2. The number of rotatable bonds is 4. The number of piperidine rings is 1. The number of hydrazine groups is 1. The van der Waals surface area contributed by atoms with Gasteiger partial charge >= 0.3 is 0 Å². The van der Waals surface area contributed by atoms with Gasteiger partial charge in [-0.25, -0.2) is 14.8 Å². The average Bonchev–Trinajstić information content (AvgIpc) is 2.40. The van der Waals surface area contributed by atoms with E-state index in [-0.39, 0.29) is 11.9 Å². The first kappa shape index (κ1) is 13.5. The molecule has 1 aliphatic rings. The molecule has 1 fully saturated rings. The van der Waals surface area contributed by atoms with Crippen LogP contribution in [0.4, 0.5) is 4.39 Å². The number of nitrogens with one attached hydrogen (secondary N) is 1. The van der Waals surface area contributed by atoms with Gasteiger partial charge in [0.05, 0.1) is 6.04 Å². The second kappa shape index (κ2) is 6.27. The molecule has 2 rings (SSSR count). The topological polar surface area (TPSA) is 41.3 Å². The van der Waals surface area contributed by atoms with E-state index in [1.807, 2.05) is 12.1 Å². The molecule has 1 aromatic rings. The Bertz CT molecular complexity index is 389. The maximum atomic E-state index is 13.3. The Balaban J connectivity index is 2.04. The van der Waals surface area contributed by atoms with Crippen molar-refractivity contribution in [2.24, 2.45) is 5.73 Å². The Morgan fingerprint density at radius 3 is 2.67 bits per heavy atom. The molecule has 1 aromatic carbocycles. The minimum atomic E-state index is -0.160. The number of halogens is 1. The van der Waals surface area contributed by atoms with Gasteiger partial charge in [0.15, 0.2) is 0 Å². The predicted molar refractivity (Wildman–Crippen MR) is 71.5 cm³/mol. The molecule has 0 radical (unpaired) electrons. The van der Waals surface area contributed by atoms with Crippen LogP contribution in [0.3, 0.4) is 0 Å². The summed E-state index contributed by atoms with van der Waals surface area (Å²) in [6, 6.07) is 5.29. The third-order valence-electron chi connectivity index (χ3n) is 3.51. The van der Waals surface area contributed by atoms with Gasteiger partial charge in [0.2, 0.25) is 0 Å². The Hall–Kier alpha value is -0.970. The highest BCUT2D eigenvalue weighted by molar-refractivity contribution is 5.26. The van der Waals surface area contributed by atoms with Crippen molar-refractivity contribution in [1.82, 2.24) is 10.4 Å². The first-order chi connectivity index (χ1) is 8.70. The molecule has 0 aromatic heterocycles. The van der Waals surface area contributed by atoms with Gasteiger partial charge in [0.1, 0.15) is 5.82 Å². The molecule has 0 bridgehead atoms. The van der Waals surface area contributed by atoms with E-state index in [1.54, 1.807) is 6.92 Å². The van der Waals surface area contributed by atoms with Gasteiger partial charge in [0.25, 0.3) is 0 Å². The highest BCUT2D eigenvalue weighted by Crippen LogP contribution is 2.17.